The summed E-state index contributed by atoms with van der Waals surface area (Å²) in [6, 6.07) is 13.3. The number of esters is 2. The summed E-state index contributed by atoms with van der Waals surface area (Å²) in [4.78, 5) is 25.2. The Morgan fingerprint density at radius 2 is 2.03 bits per heavy atom. The van der Waals surface area contributed by atoms with Crippen molar-refractivity contribution in [3.8, 4) is 5.75 Å². The van der Waals surface area contributed by atoms with Crippen molar-refractivity contribution >= 4 is 40.9 Å². The fraction of sp³-hybridized carbons (Fsp3) is 0.333. The van der Waals surface area contributed by atoms with Crippen molar-refractivity contribution in [3.63, 3.8) is 0 Å². The van der Waals surface area contributed by atoms with Gasteiger partial charge >= 0.3 is 19.5 Å². The van der Waals surface area contributed by atoms with Gasteiger partial charge in [-0.05, 0) is 54.6 Å². The first-order chi connectivity index (χ1) is 18.3. The lowest BCUT2D eigenvalue weighted by Crippen LogP contribution is -2.36. The van der Waals surface area contributed by atoms with E-state index in [2.05, 4.69) is 11.7 Å². The molecule has 1 unspecified atom stereocenters. The van der Waals surface area contributed by atoms with Gasteiger partial charge in [-0.2, -0.15) is 0 Å². The quantitative estimate of drug-likeness (QED) is 0.162. The number of hydrogen-bond donors (Lipinski definition) is 1. The molecule has 4 rings (SSSR count). The molecule has 0 saturated carbocycles. The molecule has 8 nitrogen and oxygen atoms in total. The number of halogens is 1. The van der Waals surface area contributed by atoms with Crippen LogP contribution < -0.4 is 9.61 Å². The molecule has 2 heterocycles. The molecule has 1 saturated heterocycles. The van der Waals surface area contributed by atoms with Crippen molar-refractivity contribution in [2.24, 2.45) is 5.92 Å². The highest BCUT2D eigenvalue weighted by Gasteiger charge is 2.41. The van der Waals surface area contributed by atoms with E-state index >= 15 is 4.39 Å². The minimum atomic E-state index is -4.36. The highest BCUT2D eigenvalue weighted by atomic mass is 32.1. The van der Waals surface area contributed by atoms with Crippen LogP contribution in [0.1, 0.15) is 34.5 Å². The maximum absolute atomic E-state index is 16.1. The van der Waals surface area contributed by atoms with Gasteiger partial charge in [0.15, 0.2) is 0 Å². The summed E-state index contributed by atoms with van der Waals surface area (Å²) in [6.07, 6.45) is 2.25. The second kappa shape index (κ2) is 12.7. The van der Waals surface area contributed by atoms with Crippen molar-refractivity contribution in [2.45, 2.75) is 25.3 Å². The van der Waals surface area contributed by atoms with Crippen LogP contribution in [-0.2, 0) is 23.6 Å². The van der Waals surface area contributed by atoms with Gasteiger partial charge in [0.2, 0.25) is 5.91 Å². The number of nitrogens with one attached hydrogen (secondary N) is 1. The number of ether oxygens (including phenoxy) is 3. The molecule has 1 N–H and O–H groups in total. The summed E-state index contributed by atoms with van der Waals surface area (Å²) < 4.78 is 52.2. The molecule has 1 aliphatic rings. The van der Waals surface area contributed by atoms with Crippen molar-refractivity contribution in [2.75, 3.05) is 26.4 Å². The van der Waals surface area contributed by atoms with Gasteiger partial charge in [0.25, 0.3) is 0 Å². The molecular formula is C27H29FNO7PS. The third kappa shape index (κ3) is 6.88. The van der Waals surface area contributed by atoms with Gasteiger partial charge < -0.3 is 18.7 Å². The Kier molecular flexibility index (Phi) is 9.33. The van der Waals surface area contributed by atoms with E-state index in [1.807, 2.05) is 0 Å². The van der Waals surface area contributed by atoms with E-state index in [0.29, 0.717) is 23.5 Å². The van der Waals surface area contributed by atoms with Crippen molar-refractivity contribution in [3.05, 3.63) is 77.7 Å². The Bertz CT molecular complexity index is 1330. The normalized spacial score (nSPS) is 18.3. The largest absolute Gasteiger partial charge is 0.464 e. The lowest BCUT2D eigenvalue weighted by atomic mass is 10.1. The summed E-state index contributed by atoms with van der Waals surface area (Å²) in [5.41, 5.74) is 0.0664. The number of fused-ring (bicyclic) bond motifs is 1. The van der Waals surface area contributed by atoms with Crippen LogP contribution in [-0.4, -0.2) is 44.4 Å². The maximum Gasteiger partial charge on any atom is 0.355 e. The predicted octanol–water partition coefficient (Wildman–Crippen LogP) is 6.04. The molecule has 0 spiro atoms. The number of hydrogen-bond acceptors (Lipinski definition) is 8. The van der Waals surface area contributed by atoms with E-state index < -0.39 is 31.4 Å². The molecule has 0 bridgehead atoms. The van der Waals surface area contributed by atoms with Gasteiger partial charge in [0.05, 0.1) is 13.2 Å². The van der Waals surface area contributed by atoms with Crippen molar-refractivity contribution in [1.82, 2.24) is 5.09 Å². The van der Waals surface area contributed by atoms with Crippen LogP contribution in [0.2, 0.25) is 0 Å². The number of carbonyl (C=O) groups excluding carboxylic acids is 2. The number of rotatable bonds is 12. The van der Waals surface area contributed by atoms with Crippen molar-refractivity contribution < 1.29 is 37.3 Å². The molecule has 38 heavy (non-hydrogen) atoms. The first-order valence-electron chi connectivity index (χ1n) is 12.1. The maximum atomic E-state index is 16.1. The van der Waals surface area contributed by atoms with Gasteiger partial charge in [-0.1, -0.05) is 36.9 Å². The second-order valence-electron chi connectivity index (χ2n) is 8.84. The standard InChI is InChI=1S/C27H29FNO7PS/c1-3-12-34-27(31)24-15-21-14-20(9-10-23(21)38-24)25(28)37(32,36-22-7-5-4-6-8-22)29-18(2)26(30)35-17-19-11-13-33-16-19/h3-10,14-15,18-19,25H,1,11-13,16-17H2,2H3,(H,29,32)/t18-,19-,25+,37?/m0/s1. The summed E-state index contributed by atoms with van der Waals surface area (Å²) in [7, 11) is -4.36. The minimum Gasteiger partial charge on any atom is -0.464 e. The molecule has 1 aliphatic heterocycles. The number of carbonyl (C=O) groups is 2. The highest BCUT2D eigenvalue weighted by molar-refractivity contribution is 7.57. The molecule has 3 aromatic rings. The minimum absolute atomic E-state index is 0.0664. The predicted molar refractivity (Wildman–Crippen MR) is 143 cm³/mol. The second-order valence-corrected chi connectivity index (χ2v) is 12.0. The first-order valence-corrected chi connectivity index (χ1v) is 14.6. The molecule has 0 radical (unpaired) electrons. The van der Waals surface area contributed by atoms with E-state index in [1.54, 1.807) is 42.5 Å². The molecular weight excluding hydrogens is 532 g/mol. The fourth-order valence-electron chi connectivity index (χ4n) is 3.85. The third-order valence-corrected chi connectivity index (χ3v) is 9.06. The monoisotopic (exact) mass is 561 g/mol. The van der Waals surface area contributed by atoms with Gasteiger partial charge in [0, 0.05) is 17.2 Å². The van der Waals surface area contributed by atoms with E-state index in [9.17, 15) is 14.2 Å². The van der Waals surface area contributed by atoms with Crippen LogP contribution >= 0.6 is 18.9 Å². The average molecular weight is 562 g/mol. The van der Waals surface area contributed by atoms with E-state index in [0.717, 1.165) is 11.1 Å². The van der Waals surface area contributed by atoms with E-state index in [-0.39, 0.29) is 30.4 Å². The number of thiophene rings is 1. The zero-order valence-corrected chi connectivity index (χ0v) is 22.6. The van der Waals surface area contributed by atoms with Crippen LogP contribution in [0.4, 0.5) is 4.39 Å². The lowest BCUT2D eigenvalue weighted by molar-refractivity contribution is -0.146. The number of benzene rings is 2. The smallest absolute Gasteiger partial charge is 0.355 e. The molecule has 1 aromatic heterocycles. The highest BCUT2D eigenvalue weighted by Crippen LogP contribution is 2.58. The summed E-state index contributed by atoms with van der Waals surface area (Å²) in [5.74, 6) is -3.03. The molecule has 0 aliphatic carbocycles. The Morgan fingerprint density at radius 1 is 1.24 bits per heavy atom. The first kappa shape index (κ1) is 28.0. The van der Waals surface area contributed by atoms with E-state index in [4.69, 9.17) is 18.7 Å². The topological polar surface area (TPSA) is 100 Å². The van der Waals surface area contributed by atoms with Gasteiger partial charge in [-0.25, -0.2) is 14.3 Å². The van der Waals surface area contributed by atoms with Crippen LogP contribution in [0.3, 0.4) is 0 Å². The van der Waals surface area contributed by atoms with Crippen LogP contribution in [0.5, 0.6) is 5.75 Å². The Balaban J connectivity index is 1.55. The molecule has 1 fully saturated rings. The number of alkyl halides is 1. The lowest BCUT2D eigenvalue weighted by Gasteiger charge is -2.26. The molecule has 2 aromatic carbocycles. The molecule has 11 heteroatoms. The van der Waals surface area contributed by atoms with Gasteiger partial charge in [0.1, 0.15) is 23.3 Å². The Morgan fingerprint density at radius 3 is 2.74 bits per heavy atom. The zero-order chi connectivity index (χ0) is 27.1. The van der Waals surface area contributed by atoms with Crippen LogP contribution in [0, 0.1) is 5.92 Å². The summed E-state index contributed by atoms with van der Waals surface area (Å²) in [6.45, 7) is 6.34. The SMILES string of the molecule is C=CCOC(=O)c1cc2cc([C@H](F)P(=O)(N[C@@H](C)C(=O)OC[C@H]3CCOC3)Oc3ccccc3)ccc2s1. The average Bonchev–Trinajstić information content (AvgIpc) is 3.60. The van der Waals surface area contributed by atoms with Crippen LogP contribution in [0.25, 0.3) is 10.1 Å². The Hall–Kier alpha value is -3.04. The van der Waals surface area contributed by atoms with Gasteiger partial charge in [-0.3, -0.25) is 9.36 Å². The number of para-hydroxylation sites is 1. The Labute approximate surface area is 224 Å². The molecule has 202 valence electrons. The van der Waals surface area contributed by atoms with E-state index in [1.165, 1.54) is 36.5 Å². The van der Waals surface area contributed by atoms with Crippen molar-refractivity contribution in [1.29, 1.82) is 0 Å². The zero-order valence-electron chi connectivity index (χ0n) is 20.8. The fourth-order valence-corrected chi connectivity index (χ4v) is 6.70. The molecule has 4 atom stereocenters. The van der Waals surface area contributed by atoms with Crippen LogP contribution in [0.15, 0.2) is 67.3 Å². The summed E-state index contributed by atoms with van der Waals surface area (Å²) in [5, 5.41) is 3.16. The van der Waals surface area contributed by atoms with Gasteiger partial charge in [-0.15, -0.1) is 11.3 Å². The summed E-state index contributed by atoms with van der Waals surface area (Å²) >= 11 is 1.20. The third-order valence-electron chi connectivity index (χ3n) is 5.84. The molecule has 0 amide bonds.